The van der Waals surface area contributed by atoms with Crippen molar-refractivity contribution < 1.29 is 34.2 Å². The van der Waals surface area contributed by atoms with Gasteiger partial charge in [0.1, 0.15) is 24.2 Å². The highest BCUT2D eigenvalue weighted by molar-refractivity contribution is 5.96. The van der Waals surface area contributed by atoms with E-state index in [1.54, 1.807) is 6.20 Å². The quantitative estimate of drug-likeness (QED) is 0.181. The lowest BCUT2D eigenvalue weighted by molar-refractivity contribution is -0.149. The van der Waals surface area contributed by atoms with Gasteiger partial charge in [-0.05, 0) is 24.5 Å². The van der Waals surface area contributed by atoms with Gasteiger partial charge in [0.15, 0.2) is 0 Å². The van der Waals surface area contributed by atoms with Crippen LogP contribution in [0, 0.1) is 0 Å². The van der Waals surface area contributed by atoms with Crippen molar-refractivity contribution in [1.29, 1.82) is 0 Å². The number of aliphatic carboxylic acids is 1. The fraction of sp³-hybridized carbons (Fsp3) is 0.435. The van der Waals surface area contributed by atoms with Crippen molar-refractivity contribution in [1.82, 2.24) is 20.5 Å². The fourth-order valence-electron chi connectivity index (χ4n) is 4.25. The van der Waals surface area contributed by atoms with Crippen molar-refractivity contribution in [2.24, 2.45) is 11.5 Å². The van der Waals surface area contributed by atoms with Crippen LogP contribution in [0.15, 0.2) is 30.5 Å². The number of carboxylic acids is 1. The van der Waals surface area contributed by atoms with E-state index < -0.39 is 66.8 Å². The summed E-state index contributed by atoms with van der Waals surface area (Å²) in [5.41, 5.74) is 12.4. The molecule has 0 saturated carbocycles. The average Bonchev–Trinajstić information content (AvgIpc) is 3.49. The average molecular weight is 503 g/mol. The summed E-state index contributed by atoms with van der Waals surface area (Å²) in [4.78, 5) is 66.2. The van der Waals surface area contributed by atoms with Crippen molar-refractivity contribution in [3.8, 4) is 0 Å². The van der Waals surface area contributed by atoms with E-state index in [-0.39, 0.29) is 19.4 Å². The number of carboxylic acid groups (broad SMARTS) is 1. The Bertz CT molecular complexity index is 1150. The molecule has 0 spiro atoms. The van der Waals surface area contributed by atoms with Gasteiger partial charge in [0.25, 0.3) is 0 Å². The van der Waals surface area contributed by atoms with Gasteiger partial charge < -0.3 is 42.2 Å². The Labute approximate surface area is 206 Å². The molecule has 9 N–H and O–H groups in total. The number of rotatable bonds is 11. The largest absolute Gasteiger partial charge is 0.480 e. The van der Waals surface area contributed by atoms with Crippen LogP contribution < -0.4 is 22.1 Å². The summed E-state index contributed by atoms with van der Waals surface area (Å²) in [5, 5.41) is 24.4. The predicted molar refractivity (Wildman–Crippen MR) is 127 cm³/mol. The molecular weight excluding hydrogens is 472 g/mol. The Balaban J connectivity index is 1.85. The fourth-order valence-corrected chi connectivity index (χ4v) is 4.25. The highest BCUT2D eigenvalue weighted by Gasteiger charge is 2.39. The molecule has 4 atom stereocenters. The van der Waals surface area contributed by atoms with Crippen LogP contribution in [-0.4, -0.2) is 87.0 Å². The summed E-state index contributed by atoms with van der Waals surface area (Å²) in [6.07, 6.45) is 1.82. The molecule has 13 heteroatoms. The second kappa shape index (κ2) is 11.6. The zero-order valence-corrected chi connectivity index (χ0v) is 19.5. The van der Waals surface area contributed by atoms with Crippen LogP contribution in [0.5, 0.6) is 0 Å². The van der Waals surface area contributed by atoms with E-state index in [0.717, 1.165) is 15.8 Å². The van der Waals surface area contributed by atoms with Crippen LogP contribution in [0.4, 0.5) is 0 Å². The molecule has 4 unspecified atom stereocenters. The van der Waals surface area contributed by atoms with Gasteiger partial charge >= 0.3 is 5.97 Å². The molecule has 2 aromatic rings. The monoisotopic (exact) mass is 502 g/mol. The number of benzene rings is 1. The summed E-state index contributed by atoms with van der Waals surface area (Å²) < 4.78 is 0. The van der Waals surface area contributed by atoms with Gasteiger partial charge in [-0.15, -0.1) is 0 Å². The van der Waals surface area contributed by atoms with E-state index in [1.807, 2.05) is 24.3 Å². The summed E-state index contributed by atoms with van der Waals surface area (Å²) in [5.74, 6) is -4.41. The van der Waals surface area contributed by atoms with Gasteiger partial charge in [-0.1, -0.05) is 18.2 Å². The number of nitrogens with one attached hydrogen (secondary N) is 3. The first-order valence-electron chi connectivity index (χ1n) is 11.5. The molecule has 1 saturated heterocycles. The number of para-hydroxylation sites is 1. The minimum Gasteiger partial charge on any atom is -0.480 e. The number of aromatic amines is 1. The van der Waals surface area contributed by atoms with Crippen LogP contribution in [-0.2, 0) is 30.4 Å². The SMILES string of the molecule is NC(=O)CC(NC(=O)C(Cc1c[nH]c2ccccc12)NC(=O)C(N)CO)C(=O)N1CCCC1C(=O)O. The molecule has 3 rings (SSSR count). The molecule has 194 valence electrons. The summed E-state index contributed by atoms with van der Waals surface area (Å²) in [7, 11) is 0. The summed E-state index contributed by atoms with van der Waals surface area (Å²) >= 11 is 0. The van der Waals surface area contributed by atoms with Crippen molar-refractivity contribution in [3.05, 3.63) is 36.0 Å². The Morgan fingerprint density at radius 2 is 1.81 bits per heavy atom. The molecular formula is C23H30N6O7. The smallest absolute Gasteiger partial charge is 0.326 e. The number of aliphatic hydroxyl groups is 1. The minimum atomic E-state index is -1.43. The van der Waals surface area contributed by atoms with Gasteiger partial charge in [0, 0.05) is 30.1 Å². The number of primary amides is 1. The highest BCUT2D eigenvalue weighted by Crippen LogP contribution is 2.21. The number of likely N-dealkylation sites (tertiary alicyclic amines) is 1. The number of aromatic nitrogens is 1. The first-order valence-corrected chi connectivity index (χ1v) is 11.5. The number of hydrogen-bond donors (Lipinski definition) is 7. The number of fused-ring (bicyclic) bond motifs is 1. The van der Waals surface area contributed by atoms with Crippen LogP contribution in [0.3, 0.4) is 0 Å². The molecule has 2 heterocycles. The van der Waals surface area contributed by atoms with E-state index in [1.165, 1.54) is 0 Å². The van der Waals surface area contributed by atoms with Crippen LogP contribution in [0.25, 0.3) is 10.9 Å². The topological polar surface area (TPSA) is 221 Å². The van der Waals surface area contributed by atoms with E-state index in [2.05, 4.69) is 15.6 Å². The van der Waals surface area contributed by atoms with Gasteiger partial charge in [0.2, 0.25) is 23.6 Å². The van der Waals surface area contributed by atoms with Crippen LogP contribution in [0.2, 0.25) is 0 Å². The molecule has 36 heavy (non-hydrogen) atoms. The molecule has 0 bridgehead atoms. The van der Waals surface area contributed by atoms with Gasteiger partial charge in [-0.3, -0.25) is 19.2 Å². The lowest BCUT2D eigenvalue weighted by atomic mass is 10.0. The third-order valence-electron chi connectivity index (χ3n) is 6.11. The summed E-state index contributed by atoms with van der Waals surface area (Å²) in [6.45, 7) is -0.497. The number of carbonyl (C=O) groups is 5. The van der Waals surface area contributed by atoms with E-state index >= 15 is 0 Å². The lowest BCUT2D eigenvalue weighted by Crippen LogP contribution is -2.58. The van der Waals surface area contributed by atoms with Crippen molar-refractivity contribution >= 4 is 40.5 Å². The zero-order chi connectivity index (χ0) is 26.4. The van der Waals surface area contributed by atoms with E-state index in [9.17, 15) is 34.2 Å². The molecule has 1 fully saturated rings. The molecule has 1 aromatic carbocycles. The molecule has 1 aliphatic rings. The van der Waals surface area contributed by atoms with Crippen molar-refractivity contribution in [2.75, 3.05) is 13.2 Å². The second-order valence-corrected chi connectivity index (χ2v) is 8.67. The Morgan fingerprint density at radius 3 is 2.47 bits per heavy atom. The Morgan fingerprint density at radius 1 is 1.11 bits per heavy atom. The molecule has 13 nitrogen and oxygen atoms in total. The van der Waals surface area contributed by atoms with E-state index in [0.29, 0.717) is 12.0 Å². The first-order chi connectivity index (χ1) is 17.1. The summed E-state index contributed by atoms with van der Waals surface area (Å²) in [6, 6.07) is 2.29. The maximum atomic E-state index is 13.3. The number of aliphatic hydroxyl groups excluding tert-OH is 1. The molecule has 1 aliphatic heterocycles. The maximum Gasteiger partial charge on any atom is 0.326 e. The molecule has 1 aromatic heterocycles. The third kappa shape index (κ3) is 6.17. The number of hydrogen-bond acceptors (Lipinski definition) is 7. The lowest BCUT2D eigenvalue weighted by Gasteiger charge is -2.28. The predicted octanol–water partition coefficient (Wildman–Crippen LogP) is -2.05. The zero-order valence-electron chi connectivity index (χ0n) is 19.5. The van der Waals surface area contributed by atoms with Gasteiger partial charge in [-0.2, -0.15) is 0 Å². The standard InChI is InChI=1S/C23H30N6O7/c24-14(11-30)20(32)27-16(8-12-10-26-15-5-2-1-4-13(12)15)21(33)28-17(9-19(25)31)22(34)29-7-3-6-18(29)23(35)36/h1-2,4-5,10,14,16-18,26,30H,3,6-9,11,24H2,(H2,25,31)(H,27,32)(H,28,33)(H,35,36). The minimum absolute atomic E-state index is 0.00131. The molecule has 0 radical (unpaired) electrons. The van der Waals surface area contributed by atoms with E-state index in [4.69, 9.17) is 11.5 Å². The normalized spacial score (nSPS) is 17.8. The molecule has 4 amide bonds. The number of nitrogens with two attached hydrogens (primary N) is 2. The number of amides is 4. The Hall–Kier alpha value is -3.97. The maximum absolute atomic E-state index is 13.3. The van der Waals surface area contributed by atoms with Gasteiger partial charge in [0.05, 0.1) is 13.0 Å². The van der Waals surface area contributed by atoms with Crippen LogP contribution in [0.1, 0.15) is 24.8 Å². The van der Waals surface area contributed by atoms with Crippen molar-refractivity contribution in [2.45, 2.75) is 49.9 Å². The number of nitrogens with zero attached hydrogens (tertiary/aromatic N) is 1. The first kappa shape index (κ1) is 26.6. The Kier molecular flexibility index (Phi) is 8.61. The molecule has 0 aliphatic carbocycles. The number of H-pyrrole nitrogens is 1. The van der Waals surface area contributed by atoms with Gasteiger partial charge in [-0.25, -0.2) is 4.79 Å². The third-order valence-corrected chi connectivity index (χ3v) is 6.11. The number of carbonyl (C=O) groups excluding carboxylic acids is 4. The second-order valence-electron chi connectivity index (χ2n) is 8.67. The van der Waals surface area contributed by atoms with Crippen molar-refractivity contribution in [3.63, 3.8) is 0 Å². The van der Waals surface area contributed by atoms with Crippen LogP contribution >= 0.6 is 0 Å². The highest BCUT2D eigenvalue weighted by atomic mass is 16.4.